The van der Waals surface area contributed by atoms with Crippen LogP contribution >= 0.6 is 0 Å². The quantitative estimate of drug-likeness (QED) is 0.0797. The van der Waals surface area contributed by atoms with E-state index in [4.69, 9.17) is 9.47 Å². The summed E-state index contributed by atoms with van der Waals surface area (Å²) in [5.41, 5.74) is 1.14. The van der Waals surface area contributed by atoms with Crippen molar-refractivity contribution in [2.24, 2.45) is 5.92 Å². The summed E-state index contributed by atoms with van der Waals surface area (Å²) in [5, 5.41) is 9.82. The van der Waals surface area contributed by atoms with Crippen molar-refractivity contribution in [3.63, 3.8) is 0 Å². The third-order valence-corrected chi connectivity index (χ3v) is 9.12. The normalized spacial score (nSPS) is 12.4. The topological polar surface area (TPSA) is 38.7 Å². The molecule has 0 aliphatic heterocycles. The Balaban J connectivity index is 2.21. The first kappa shape index (κ1) is 40.1. The summed E-state index contributed by atoms with van der Waals surface area (Å²) >= 11 is 0. The molecule has 0 amide bonds. The lowest BCUT2D eigenvalue weighted by atomic mass is 9.94. The highest BCUT2D eigenvalue weighted by molar-refractivity contribution is 5.13. The second-order valence-electron chi connectivity index (χ2n) is 13.4. The predicted octanol–water partition coefficient (Wildman–Crippen LogP) is 12.4. The minimum Gasteiger partial charge on any atom is -0.394 e. The van der Waals surface area contributed by atoms with Crippen molar-refractivity contribution in [3.8, 4) is 0 Å². The van der Waals surface area contributed by atoms with E-state index in [1.807, 2.05) is 18.2 Å². The number of ether oxygens (including phenoxy) is 2. The number of benzene rings is 1. The predicted molar refractivity (Wildman–Crippen MR) is 188 cm³/mol. The first-order valence-corrected chi connectivity index (χ1v) is 19.1. The van der Waals surface area contributed by atoms with Crippen LogP contribution in [0.25, 0.3) is 0 Å². The minimum atomic E-state index is -0.251. The fraction of sp³-hybridized carbons (Fsp3) is 0.850. The number of hydrogen-bond acceptors (Lipinski definition) is 3. The molecule has 0 aliphatic carbocycles. The van der Waals surface area contributed by atoms with Crippen LogP contribution in [0.2, 0.25) is 0 Å². The molecule has 0 saturated heterocycles. The second-order valence-corrected chi connectivity index (χ2v) is 13.4. The van der Waals surface area contributed by atoms with Gasteiger partial charge in [0.2, 0.25) is 0 Å². The Kier molecular flexibility index (Phi) is 30.3. The summed E-state index contributed by atoms with van der Waals surface area (Å²) in [6.07, 6.45) is 36.0. The second kappa shape index (κ2) is 32.5. The van der Waals surface area contributed by atoms with Crippen LogP contribution in [0, 0.1) is 5.92 Å². The third kappa shape index (κ3) is 27.2. The Morgan fingerprint density at radius 2 is 0.907 bits per heavy atom. The molecule has 0 heterocycles. The van der Waals surface area contributed by atoms with E-state index in [9.17, 15) is 5.11 Å². The van der Waals surface area contributed by atoms with Crippen LogP contribution in [0.1, 0.15) is 186 Å². The summed E-state index contributed by atoms with van der Waals surface area (Å²) < 4.78 is 12.1. The van der Waals surface area contributed by atoms with E-state index in [0.717, 1.165) is 12.2 Å². The molecule has 1 rings (SSSR count). The van der Waals surface area contributed by atoms with Crippen LogP contribution in [0.15, 0.2) is 30.3 Å². The van der Waals surface area contributed by atoms with Gasteiger partial charge in [-0.15, -0.1) is 0 Å². The van der Waals surface area contributed by atoms with Gasteiger partial charge in [0.05, 0.1) is 19.8 Å². The summed E-state index contributed by atoms with van der Waals surface area (Å²) in [7, 11) is 0. The summed E-state index contributed by atoms with van der Waals surface area (Å²) in [5.74, 6) is 0.639. The van der Waals surface area contributed by atoms with Gasteiger partial charge in [-0.3, -0.25) is 0 Å². The van der Waals surface area contributed by atoms with Crippen molar-refractivity contribution in [2.45, 2.75) is 193 Å². The van der Waals surface area contributed by atoms with Crippen LogP contribution in [-0.4, -0.2) is 31.0 Å². The first-order valence-electron chi connectivity index (χ1n) is 19.1. The van der Waals surface area contributed by atoms with Crippen LogP contribution in [0.3, 0.4) is 0 Å². The SMILES string of the molecule is CCCCCCCCCCCCCCC(CCCCCCCCCCCCCC)COC[C@H](CO)OCc1ccccc1. The Labute approximate surface area is 269 Å². The molecule has 0 saturated carbocycles. The molecule has 0 aliphatic rings. The molecule has 1 N–H and O–H groups in total. The standard InChI is InChI=1S/C40H74O3/c1-3-5-7-9-11-13-15-17-19-21-23-26-30-38(31-27-24-22-20-18-16-14-12-10-8-6-4-2)35-42-37-40(34-41)43-36-39-32-28-25-29-33-39/h25,28-29,32-33,38,40-41H,3-24,26-27,30-31,34-37H2,1-2H3/t40-/m0/s1. The van der Waals surface area contributed by atoms with Crippen molar-refractivity contribution >= 4 is 0 Å². The lowest BCUT2D eigenvalue weighted by Gasteiger charge is -2.20. The molecule has 3 nitrogen and oxygen atoms in total. The molecule has 0 spiro atoms. The fourth-order valence-electron chi connectivity index (χ4n) is 6.17. The Bertz CT molecular complexity index is 620. The zero-order chi connectivity index (χ0) is 30.9. The Morgan fingerprint density at radius 3 is 1.30 bits per heavy atom. The zero-order valence-corrected chi connectivity index (χ0v) is 29.0. The van der Waals surface area contributed by atoms with E-state index < -0.39 is 0 Å². The molecule has 1 aromatic rings. The molecule has 0 bridgehead atoms. The molecule has 1 aromatic carbocycles. The maximum absolute atomic E-state index is 9.82. The molecule has 0 aromatic heterocycles. The van der Waals surface area contributed by atoms with Gasteiger partial charge >= 0.3 is 0 Å². The van der Waals surface area contributed by atoms with Gasteiger partial charge < -0.3 is 14.6 Å². The van der Waals surface area contributed by atoms with Gasteiger partial charge in [0, 0.05) is 6.61 Å². The number of unbranched alkanes of at least 4 members (excludes halogenated alkanes) is 22. The van der Waals surface area contributed by atoms with Gasteiger partial charge in [-0.25, -0.2) is 0 Å². The molecular weight excluding hydrogens is 528 g/mol. The number of rotatable bonds is 34. The summed E-state index contributed by atoms with van der Waals surface area (Å²) in [6.45, 7) is 6.42. The molecule has 0 unspecified atom stereocenters. The summed E-state index contributed by atoms with van der Waals surface area (Å²) in [6, 6.07) is 10.2. The minimum absolute atomic E-state index is 0.00891. The highest BCUT2D eigenvalue weighted by atomic mass is 16.5. The van der Waals surface area contributed by atoms with Gasteiger partial charge in [0.25, 0.3) is 0 Å². The van der Waals surface area contributed by atoms with Crippen molar-refractivity contribution in [1.82, 2.24) is 0 Å². The van der Waals surface area contributed by atoms with Crippen molar-refractivity contribution in [1.29, 1.82) is 0 Å². The number of hydrogen-bond donors (Lipinski definition) is 1. The van der Waals surface area contributed by atoms with Crippen molar-refractivity contribution < 1.29 is 14.6 Å². The summed E-state index contributed by atoms with van der Waals surface area (Å²) in [4.78, 5) is 0. The number of aliphatic hydroxyl groups excluding tert-OH is 1. The average molecular weight is 603 g/mol. The third-order valence-electron chi connectivity index (χ3n) is 9.12. The van der Waals surface area contributed by atoms with Crippen molar-refractivity contribution in [2.75, 3.05) is 19.8 Å². The molecule has 43 heavy (non-hydrogen) atoms. The van der Waals surface area contributed by atoms with Crippen LogP contribution in [0.5, 0.6) is 0 Å². The molecule has 0 radical (unpaired) electrons. The molecular formula is C40H74O3. The van der Waals surface area contributed by atoms with Gasteiger partial charge in [-0.1, -0.05) is 198 Å². The first-order chi connectivity index (χ1) is 21.3. The smallest absolute Gasteiger partial charge is 0.104 e. The number of aliphatic hydroxyl groups is 1. The van der Waals surface area contributed by atoms with E-state index in [-0.39, 0.29) is 12.7 Å². The average Bonchev–Trinajstić information content (AvgIpc) is 3.03. The molecule has 0 fully saturated rings. The van der Waals surface area contributed by atoms with Gasteiger partial charge in [-0.05, 0) is 24.3 Å². The Hall–Kier alpha value is -0.900. The highest BCUT2D eigenvalue weighted by Gasteiger charge is 2.13. The maximum Gasteiger partial charge on any atom is 0.104 e. The molecule has 3 heteroatoms. The monoisotopic (exact) mass is 603 g/mol. The fourth-order valence-corrected chi connectivity index (χ4v) is 6.17. The lowest BCUT2D eigenvalue weighted by Crippen LogP contribution is -2.25. The van der Waals surface area contributed by atoms with E-state index in [1.165, 1.54) is 167 Å². The Morgan fingerprint density at radius 1 is 0.512 bits per heavy atom. The van der Waals surface area contributed by atoms with Crippen LogP contribution in [-0.2, 0) is 16.1 Å². The highest BCUT2D eigenvalue weighted by Crippen LogP contribution is 2.21. The van der Waals surface area contributed by atoms with E-state index in [2.05, 4.69) is 26.0 Å². The van der Waals surface area contributed by atoms with E-state index in [0.29, 0.717) is 19.1 Å². The van der Waals surface area contributed by atoms with Gasteiger partial charge in [0.1, 0.15) is 6.10 Å². The van der Waals surface area contributed by atoms with Gasteiger partial charge in [-0.2, -0.15) is 0 Å². The molecule has 1 atom stereocenters. The lowest BCUT2D eigenvalue weighted by molar-refractivity contribution is -0.0563. The van der Waals surface area contributed by atoms with E-state index in [1.54, 1.807) is 0 Å². The molecule has 252 valence electrons. The largest absolute Gasteiger partial charge is 0.394 e. The van der Waals surface area contributed by atoms with Crippen LogP contribution < -0.4 is 0 Å². The van der Waals surface area contributed by atoms with Crippen LogP contribution in [0.4, 0.5) is 0 Å². The maximum atomic E-state index is 9.82. The van der Waals surface area contributed by atoms with Crippen molar-refractivity contribution in [3.05, 3.63) is 35.9 Å². The van der Waals surface area contributed by atoms with Gasteiger partial charge in [0.15, 0.2) is 0 Å². The van der Waals surface area contributed by atoms with E-state index >= 15 is 0 Å². The zero-order valence-electron chi connectivity index (χ0n) is 29.0.